The van der Waals surface area contributed by atoms with Gasteiger partial charge in [-0.05, 0) is 61.8 Å². The number of amides is 1. The van der Waals surface area contributed by atoms with Crippen LogP contribution in [0.2, 0.25) is 0 Å². The summed E-state index contributed by atoms with van der Waals surface area (Å²) in [5.74, 6) is 0.573. The fourth-order valence-corrected chi connectivity index (χ4v) is 4.33. The molecule has 5 heteroatoms. The van der Waals surface area contributed by atoms with Crippen LogP contribution in [0.1, 0.15) is 40.0 Å². The van der Waals surface area contributed by atoms with E-state index in [9.17, 15) is 4.79 Å². The maximum Gasteiger partial charge on any atom is 0.274 e. The van der Waals surface area contributed by atoms with Gasteiger partial charge in [0.25, 0.3) is 5.91 Å². The second-order valence-corrected chi connectivity index (χ2v) is 8.81. The van der Waals surface area contributed by atoms with E-state index in [1.807, 2.05) is 23.1 Å². The summed E-state index contributed by atoms with van der Waals surface area (Å²) in [7, 11) is 0. The number of nitrogens with zero attached hydrogens (tertiary/aromatic N) is 3. The summed E-state index contributed by atoms with van der Waals surface area (Å²) in [6.45, 7) is 5.61. The monoisotopic (exact) mass is 424 g/mol. The second-order valence-electron chi connectivity index (χ2n) is 8.81. The average Bonchev–Trinajstić information content (AvgIpc) is 3.55. The molecule has 2 aromatic carbocycles. The largest absolute Gasteiger partial charge is 0.361 e. The van der Waals surface area contributed by atoms with Gasteiger partial charge in [-0.2, -0.15) is 0 Å². The summed E-state index contributed by atoms with van der Waals surface area (Å²) < 4.78 is 0. The molecule has 4 aromatic rings. The van der Waals surface area contributed by atoms with Gasteiger partial charge in [-0.1, -0.05) is 36.4 Å². The van der Waals surface area contributed by atoms with Crippen molar-refractivity contribution < 1.29 is 4.79 Å². The lowest BCUT2D eigenvalue weighted by atomic mass is 9.99. The highest BCUT2D eigenvalue weighted by atomic mass is 16.2. The number of H-pyrrole nitrogens is 1. The van der Waals surface area contributed by atoms with Crippen LogP contribution in [0.25, 0.3) is 22.2 Å². The van der Waals surface area contributed by atoms with Crippen LogP contribution in [0.5, 0.6) is 0 Å². The SMILES string of the molecule is Cc1cccc(-c2nccnc2C(=O)N(CCc2c[nH]c3ccccc23)CC2CC2)c1C. The standard InChI is InChI=1S/C27H28N4O/c1-18-6-5-8-22(19(18)2)25-26(29-14-13-28-25)27(32)31(17-20-10-11-20)15-12-21-16-30-24-9-4-3-7-23(21)24/h3-9,13-14,16,20,30H,10-12,15,17H2,1-2H3. The van der Waals surface area contributed by atoms with Crippen LogP contribution in [0.4, 0.5) is 0 Å². The summed E-state index contributed by atoms with van der Waals surface area (Å²) in [4.78, 5) is 28.2. The Morgan fingerprint density at radius 1 is 1.06 bits per heavy atom. The van der Waals surface area contributed by atoms with Crippen molar-refractivity contribution in [2.24, 2.45) is 5.92 Å². The Morgan fingerprint density at radius 2 is 1.88 bits per heavy atom. The molecular weight excluding hydrogens is 396 g/mol. The number of aromatic nitrogens is 3. The minimum absolute atomic E-state index is 0.0271. The number of fused-ring (bicyclic) bond motifs is 1. The number of aromatic amines is 1. The van der Waals surface area contributed by atoms with Gasteiger partial charge in [0.05, 0.1) is 0 Å². The van der Waals surface area contributed by atoms with E-state index in [4.69, 9.17) is 0 Å². The Morgan fingerprint density at radius 3 is 2.72 bits per heavy atom. The molecule has 0 unspecified atom stereocenters. The molecule has 0 aliphatic heterocycles. The molecule has 2 aromatic heterocycles. The molecule has 1 aliphatic rings. The van der Waals surface area contributed by atoms with Gasteiger partial charge in [-0.25, -0.2) is 4.98 Å². The minimum Gasteiger partial charge on any atom is -0.361 e. The topological polar surface area (TPSA) is 61.9 Å². The van der Waals surface area contributed by atoms with E-state index >= 15 is 0 Å². The van der Waals surface area contributed by atoms with Crippen molar-refractivity contribution in [1.29, 1.82) is 0 Å². The first kappa shape index (κ1) is 20.4. The van der Waals surface area contributed by atoms with E-state index in [0.717, 1.165) is 29.6 Å². The Hall–Kier alpha value is -3.47. The van der Waals surface area contributed by atoms with Crippen molar-refractivity contribution >= 4 is 16.8 Å². The molecule has 162 valence electrons. The van der Waals surface area contributed by atoms with Crippen molar-refractivity contribution in [1.82, 2.24) is 19.9 Å². The maximum absolute atomic E-state index is 13.7. The average molecular weight is 425 g/mol. The Labute approximate surface area is 188 Å². The van der Waals surface area contributed by atoms with E-state index in [1.54, 1.807) is 12.4 Å². The minimum atomic E-state index is -0.0271. The first-order valence-corrected chi connectivity index (χ1v) is 11.3. The normalized spacial score (nSPS) is 13.4. The van der Waals surface area contributed by atoms with Crippen molar-refractivity contribution in [3.05, 3.63) is 83.4 Å². The molecule has 5 nitrogen and oxygen atoms in total. The summed E-state index contributed by atoms with van der Waals surface area (Å²) in [5.41, 5.74) is 6.78. The number of nitrogens with one attached hydrogen (secondary N) is 1. The predicted molar refractivity (Wildman–Crippen MR) is 128 cm³/mol. The van der Waals surface area contributed by atoms with Gasteiger partial charge in [0.15, 0.2) is 5.69 Å². The van der Waals surface area contributed by atoms with Gasteiger partial charge >= 0.3 is 0 Å². The lowest BCUT2D eigenvalue weighted by Crippen LogP contribution is -2.35. The Bertz CT molecular complexity index is 1270. The lowest BCUT2D eigenvalue weighted by molar-refractivity contribution is 0.0744. The second kappa shape index (κ2) is 8.58. The molecule has 0 bridgehead atoms. The molecule has 1 aliphatic carbocycles. The Kier molecular flexibility index (Phi) is 5.48. The van der Waals surface area contributed by atoms with Gasteiger partial charge in [-0.15, -0.1) is 0 Å². The number of aryl methyl sites for hydroxylation is 1. The molecule has 0 radical (unpaired) electrons. The van der Waals surface area contributed by atoms with Gasteiger partial charge in [0, 0.05) is 48.1 Å². The highest BCUT2D eigenvalue weighted by Gasteiger charge is 2.29. The smallest absolute Gasteiger partial charge is 0.274 e. The van der Waals surface area contributed by atoms with Crippen LogP contribution in [0.3, 0.4) is 0 Å². The molecule has 1 N–H and O–H groups in total. The first-order chi connectivity index (χ1) is 15.6. The lowest BCUT2D eigenvalue weighted by Gasteiger charge is -2.23. The fraction of sp³-hybridized carbons (Fsp3) is 0.296. The number of carbonyl (C=O) groups excluding carboxylic acids is 1. The number of rotatable bonds is 7. The third kappa shape index (κ3) is 4.03. The Balaban J connectivity index is 1.44. The molecule has 0 spiro atoms. The highest BCUT2D eigenvalue weighted by molar-refractivity contribution is 5.98. The van der Waals surface area contributed by atoms with Crippen molar-refractivity contribution in [2.75, 3.05) is 13.1 Å². The fourth-order valence-electron chi connectivity index (χ4n) is 4.33. The van der Waals surface area contributed by atoms with Crippen LogP contribution in [-0.2, 0) is 6.42 Å². The highest BCUT2D eigenvalue weighted by Crippen LogP contribution is 2.32. The quantitative estimate of drug-likeness (QED) is 0.436. The zero-order valence-corrected chi connectivity index (χ0v) is 18.6. The zero-order chi connectivity index (χ0) is 22.1. The summed E-state index contributed by atoms with van der Waals surface area (Å²) in [6.07, 6.45) is 8.56. The van der Waals surface area contributed by atoms with Gasteiger partial charge in [-0.3, -0.25) is 9.78 Å². The number of benzene rings is 2. The van der Waals surface area contributed by atoms with E-state index in [1.165, 1.54) is 29.4 Å². The zero-order valence-electron chi connectivity index (χ0n) is 18.6. The molecule has 1 saturated carbocycles. The van der Waals surface area contributed by atoms with Crippen molar-refractivity contribution in [2.45, 2.75) is 33.1 Å². The number of para-hydroxylation sites is 1. The maximum atomic E-state index is 13.7. The molecule has 0 atom stereocenters. The first-order valence-electron chi connectivity index (χ1n) is 11.3. The van der Waals surface area contributed by atoms with Crippen LogP contribution < -0.4 is 0 Å². The molecule has 0 saturated heterocycles. The van der Waals surface area contributed by atoms with Crippen molar-refractivity contribution in [3.8, 4) is 11.3 Å². The van der Waals surface area contributed by atoms with Gasteiger partial charge in [0.1, 0.15) is 5.69 Å². The van der Waals surface area contributed by atoms with Crippen LogP contribution >= 0.6 is 0 Å². The number of hydrogen-bond acceptors (Lipinski definition) is 3. The molecule has 32 heavy (non-hydrogen) atoms. The van der Waals surface area contributed by atoms with Gasteiger partial charge < -0.3 is 9.88 Å². The van der Waals surface area contributed by atoms with Crippen LogP contribution in [-0.4, -0.2) is 38.8 Å². The van der Waals surface area contributed by atoms with Gasteiger partial charge in [0.2, 0.25) is 0 Å². The number of carbonyl (C=O) groups is 1. The van der Waals surface area contributed by atoms with E-state index in [2.05, 4.69) is 59.3 Å². The van der Waals surface area contributed by atoms with Crippen LogP contribution in [0.15, 0.2) is 61.1 Å². The van der Waals surface area contributed by atoms with E-state index in [-0.39, 0.29) is 5.91 Å². The summed E-state index contributed by atoms with van der Waals surface area (Å²) in [5, 5.41) is 1.22. The van der Waals surface area contributed by atoms with E-state index in [0.29, 0.717) is 23.9 Å². The third-order valence-electron chi connectivity index (χ3n) is 6.55. The van der Waals surface area contributed by atoms with Crippen LogP contribution in [0, 0.1) is 19.8 Å². The molecule has 1 fully saturated rings. The van der Waals surface area contributed by atoms with Crippen molar-refractivity contribution in [3.63, 3.8) is 0 Å². The number of hydrogen-bond donors (Lipinski definition) is 1. The van der Waals surface area contributed by atoms with E-state index < -0.39 is 0 Å². The molecule has 2 heterocycles. The summed E-state index contributed by atoms with van der Waals surface area (Å²) in [6, 6.07) is 14.4. The summed E-state index contributed by atoms with van der Waals surface area (Å²) >= 11 is 0. The third-order valence-corrected chi connectivity index (χ3v) is 6.55. The molecule has 1 amide bonds. The molecular formula is C27H28N4O. The molecule has 5 rings (SSSR count). The predicted octanol–water partition coefficient (Wildman–Crippen LogP) is 5.34.